The third-order valence-corrected chi connectivity index (χ3v) is 3.04. The summed E-state index contributed by atoms with van der Waals surface area (Å²) in [5, 5.41) is 2.99. The Bertz CT molecular complexity index is 488. The van der Waals surface area contributed by atoms with Crippen LogP contribution in [0.4, 0.5) is 11.8 Å². The van der Waals surface area contributed by atoms with E-state index in [4.69, 9.17) is 5.84 Å². The summed E-state index contributed by atoms with van der Waals surface area (Å²) < 4.78 is 22.2. The molecule has 7 nitrogen and oxygen atoms in total. The van der Waals surface area contributed by atoms with Crippen molar-refractivity contribution in [3.63, 3.8) is 0 Å². The molecule has 1 aromatic rings. The highest BCUT2D eigenvalue weighted by atomic mass is 32.2. The van der Waals surface area contributed by atoms with Gasteiger partial charge in [-0.25, -0.2) is 19.2 Å². The maximum atomic E-state index is 11.1. The first kappa shape index (κ1) is 13.7. The number of aromatic nitrogens is 2. The summed E-state index contributed by atoms with van der Waals surface area (Å²) in [6.45, 7) is 3.57. The van der Waals surface area contributed by atoms with Crippen LogP contribution < -0.4 is 16.6 Å². The van der Waals surface area contributed by atoms with E-state index in [1.54, 1.807) is 19.9 Å². The minimum Gasteiger partial charge on any atom is -0.366 e. The third-order valence-electron chi connectivity index (χ3n) is 1.93. The molecule has 0 saturated carbocycles. The Morgan fingerprint density at radius 1 is 1.47 bits per heavy atom. The molecular weight excluding hydrogens is 242 g/mol. The van der Waals surface area contributed by atoms with Crippen LogP contribution >= 0.6 is 0 Å². The van der Waals surface area contributed by atoms with Crippen LogP contribution in [0.15, 0.2) is 6.07 Å². The number of hydrazine groups is 1. The van der Waals surface area contributed by atoms with E-state index in [2.05, 4.69) is 20.7 Å². The zero-order valence-electron chi connectivity index (χ0n) is 10.1. The van der Waals surface area contributed by atoms with E-state index in [1.807, 2.05) is 0 Å². The molecule has 0 spiro atoms. The van der Waals surface area contributed by atoms with Crippen molar-refractivity contribution >= 4 is 21.6 Å². The van der Waals surface area contributed by atoms with Crippen molar-refractivity contribution in [1.82, 2.24) is 9.97 Å². The Labute approximate surface area is 101 Å². The van der Waals surface area contributed by atoms with Gasteiger partial charge in [0.1, 0.15) is 15.7 Å². The van der Waals surface area contributed by atoms with Crippen LogP contribution in [-0.2, 0) is 9.84 Å². The largest absolute Gasteiger partial charge is 0.366 e. The first-order valence-corrected chi connectivity index (χ1v) is 7.13. The predicted molar refractivity (Wildman–Crippen MR) is 67.4 cm³/mol. The zero-order chi connectivity index (χ0) is 13.1. The number of hydrogen-bond acceptors (Lipinski definition) is 7. The van der Waals surface area contributed by atoms with Crippen LogP contribution in [0.1, 0.15) is 12.6 Å². The fourth-order valence-corrected chi connectivity index (χ4v) is 2.45. The molecule has 1 atom stereocenters. The summed E-state index contributed by atoms with van der Waals surface area (Å²) in [6, 6.07) is 1.49. The number of sulfone groups is 1. The van der Waals surface area contributed by atoms with E-state index in [9.17, 15) is 8.42 Å². The molecule has 0 fully saturated rings. The fraction of sp³-hybridized carbons (Fsp3) is 0.556. The molecule has 1 unspecified atom stereocenters. The Morgan fingerprint density at radius 3 is 2.65 bits per heavy atom. The molecule has 4 N–H and O–H groups in total. The molecule has 96 valence electrons. The molecule has 0 radical (unpaired) electrons. The lowest BCUT2D eigenvalue weighted by Crippen LogP contribution is -2.26. The van der Waals surface area contributed by atoms with E-state index in [0.717, 1.165) is 5.69 Å². The predicted octanol–water partition coefficient (Wildman–Crippen LogP) is -0.0844. The number of aryl methyl sites for hydroxylation is 1. The highest BCUT2D eigenvalue weighted by Gasteiger charge is 2.11. The molecule has 0 aliphatic heterocycles. The van der Waals surface area contributed by atoms with Crippen LogP contribution in [-0.4, -0.2) is 36.4 Å². The van der Waals surface area contributed by atoms with Gasteiger partial charge in [0.05, 0.1) is 5.75 Å². The van der Waals surface area contributed by atoms with E-state index in [1.165, 1.54) is 6.26 Å². The molecule has 0 aliphatic rings. The van der Waals surface area contributed by atoms with E-state index < -0.39 is 9.84 Å². The van der Waals surface area contributed by atoms with Gasteiger partial charge < -0.3 is 5.32 Å². The lowest BCUT2D eigenvalue weighted by Gasteiger charge is -2.14. The second-order valence-corrected chi connectivity index (χ2v) is 6.19. The van der Waals surface area contributed by atoms with Gasteiger partial charge in [-0.15, -0.1) is 0 Å². The van der Waals surface area contributed by atoms with Crippen molar-refractivity contribution in [1.29, 1.82) is 0 Å². The van der Waals surface area contributed by atoms with Crippen LogP contribution in [0.3, 0.4) is 0 Å². The summed E-state index contributed by atoms with van der Waals surface area (Å²) in [6.07, 6.45) is 1.20. The fourth-order valence-electron chi connectivity index (χ4n) is 1.46. The van der Waals surface area contributed by atoms with Gasteiger partial charge in [0.15, 0.2) is 0 Å². The van der Waals surface area contributed by atoms with Gasteiger partial charge in [-0.2, -0.15) is 4.98 Å². The highest BCUT2D eigenvalue weighted by Crippen LogP contribution is 2.10. The van der Waals surface area contributed by atoms with E-state index in [0.29, 0.717) is 11.8 Å². The van der Waals surface area contributed by atoms with Crippen molar-refractivity contribution in [3.05, 3.63) is 11.8 Å². The topological polar surface area (TPSA) is 110 Å². The Hall–Kier alpha value is -1.41. The number of anilines is 2. The number of hydrogen-bond donors (Lipinski definition) is 3. The molecular formula is C9H17N5O2S. The molecule has 0 aliphatic carbocycles. The number of rotatable bonds is 5. The number of nitrogens with two attached hydrogens (primary N) is 1. The maximum absolute atomic E-state index is 11.1. The smallest absolute Gasteiger partial charge is 0.239 e. The van der Waals surface area contributed by atoms with Crippen LogP contribution in [0, 0.1) is 6.92 Å². The normalized spacial score (nSPS) is 13.2. The molecule has 0 bridgehead atoms. The Balaban J connectivity index is 2.77. The number of nitrogens with zero attached hydrogens (tertiary/aromatic N) is 2. The molecule has 1 aromatic heterocycles. The summed E-state index contributed by atoms with van der Waals surface area (Å²) in [5.74, 6) is 6.10. The van der Waals surface area contributed by atoms with Crippen molar-refractivity contribution in [3.8, 4) is 0 Å². The standard InChI is InChI=1S/C9H17N5O2S/c1-6-4-8(13-9(12-6)14-10)11-7(2)5-17(3,15)16/h4,7H,5,10H2,1-3H3,(H2,11,12,13,14). The van der Waals surface area contributed by atoms with Gasteiger partial charge in [0.2, 0.25) is 5.95 Å². The maximum Gasteiger partial charge on any atom is 0.239 e. The molecule has 1 rings (SSSR count). The van der Waals surface area contributed by atoms with Crippen LogP contribution in [0.2, 0.25) is 0 Å². The zero-order valence-corrected chi connectivity index (χ0v) is 10.9. The molecule has 8 heteroatoms. The molecule has 0 amide bonds. The second-order valence-electron chi connectivity index (χ2n) is 4.00. The number of nitrogen functional groups attached to an aromatic ring is 1. The third kappa shape index (κ3) is 4.96. The first-order chi connectivity index (χ1) is 7.80. The Morgan fingerprint density at radius 2 is 2.12 bits per heavy atom. The van der Waals surface area contributed by atoms with Gasteiger partial charge >= 0.3 is 0 Å². The van der Waals surface area contributed by atoms with Gasteiger partial charge in [0, 0.05) is 24.1 Å². The van der Waals surface area contributed by atoms with Gasteiger partial charge in [0.25, 0.3) is 0 Å². The lowest BCUT2D eigenvalue weighted by atomic mass is 10.3. The average molecular weight is 259 g/mol. The van der Waals surface area contributed by atoms with E-state index in [-0.39, 0.29) is 11.8 Å². The highest BCUT2D eigenvalue weighted by molar-refractivity contribution is 7.90. The summed E-state index contributed by atoms with van der Waals surface area (Å²) >= 11 is 0. The van der Waals surface area contributed by atoms with Gasteiger partial charge in [-0.3, -0.25) is 5.43 Å². The minimum atomic E-state index is -3.02. The van der Waals surface area contributed by atoms with Crippen molar-refractivity contribution in [2.45, 2.75) is 19.9 Å². The second kappa shape index (κ2) is 5.28. The van der Waals surface area contributed by atoms with Crippen LogP contribution in [0.5, 0.6) is 0 Å². The minimum absolute atomic E-state index is 0.0431. The first-order valence-electron chi connectivity index (χ1n) is 5.06. The summed E-state index contributed by atoms with van der Waals surface area (Å²) in [4.78, 5) is 8.10. The van der Waals surface area contributed by atoms with Gasteiger partial charge in [-0.1, -0.05) is 0 Å². The SMILES string of the molecule is Cc1cc(NC(C)CS(C)(=O)=O)nc(NN)n1. The van der Waals surface area contributed by atoms with Crippen molar-refractivity contribution < 1.29 is 8.42 Å². The molecule has 0 aromatic carbocycles. The summed E-state index contributed by atoms with van der Waals surface area (Å²) in [5.41, 5.74) is 3.09. The molecule has 1 heterocycles. The monoisotopic (exact) mass is 259 g/mol. The van der Waals surface area contributed by atoms with Gasteiger partial charge in [-0.05, 0) is 13.8 Å². The van der Waals surface area contributed by atoms with Crippen molar-refractivity contribution in [2.24, 2.45) is 5.84 Å². The quantitative estimate of drug-likeness (QED) is 0.501. The van der Waals surface area contributed by atoms with E-state index >= 15 is 0 Å². The Kier molecular flexibility index (Phi) is 4.24. The van der Waals surface area contributed by atoms with Crippen LogP contribution in [0.25, 0.3) is 0 Å². The molecule has 17 heavy (non-hydrogen) atoms. The summed E-state index contributed by atoms with van der Waals surface area (Å²) in [7, 11) is -3.02. The lowest BCUT2D eigenvalue weighted by molar-refractivity contribution is 0.598. The van der Waals surface area contributed by atoms with Crippen molar-refractivity contribution in [2.75, 3.05) is 22.8 Å². The average Bonchev–Trinajstić information content (AvgIpc) is 2.13. The molecule has 0 saturated heterocycles. The number of nitrogens with one attached hydrogen (secondary N) is 2.